The zero-order valence-corrected chi connectivity index (χ0v) is 18.7. The maximum absolute atomic E-state index is 12.4. The summed E-state index contributed by atoms with van der Waals surface area (Å²) in [5, 5.41) is 8.61. The molecule has 0 N–H and O–H groups in total. The van der Waals surface area contributed by atoms with E-state index in [0.29, 0.717) is 35.6 Å². The fourth-order valence-corrected chi connectivity index (χ4v) is 3.17. The predicted molar refractivity (Wildman–Crippen MR) is 118 cm³/mol. The zero-order chi connectivity index (χ0) is 22.5. The van der Waals surface area contributed by atoms with Gasteiger partial charge in [-0.15, -0.1) is 5.10 Å². The Morgan fingerprint density at radius 1 is 1.16 bits per heavy atom. The molecule has 0 bridgehead atoms. The van der Waals surface area contributed by atoms with Crippen LogP contribution in [0, 0.1) is 5.92 Å². The fourth-order valence-electron chi connectivity index (χ4n) is 3.00. The van der Waals surface area contributed by atoms with Gasteiger partial charge in [0.05, 0.1) is 31.9 Å². The second kappa shape index (κ2) is 9.91. The van der Waals surface area contributed by atoms with Gasteiger partial charge in [-0.3, -0.25) is 0 Å². The van der Waals surface area contributed by atoms with Crippen molar-refractivity contribution < 1.29 is 23.7 Å². The summed E-state index contributed by atoms with van der Waals surface area (Å²) < 4.78 is 23.7. The number of aromatic nitrogens is 3. The van der Waals surface area contributed by atoms with Gasteiger partial charge in [0.15, 0.2) is 0 Å². The first-order chi connectivity index (χ1) is 15.6. The quantitative estimate of drug-likeness (QED) is 0.406. The standard InChI is InChI=1S/C23H24ClN3O5/c1-3-30-23(28)21-22(27(26-25-21)13-15-6-8-17(29-2)9-7-15)32-18-10-11-19(24)20(12-18)31-14-16-4-5-16/h6-12,16H,3-5,13-14H2,1-2H3. The van der Waals surface area contributed by atoms with Gasteiger partial charge >= 0.3 is 5.97 Å². The number of rotatable bonds is 10. The third-order valence-electron chi connectivity index (χ3n) is 4.94. The van der Waals surface area contributed by atoms with Crippen molar-refractivity contribution in [2.75, 3.05) is 20.3 Å². The van der Waals surface area contributed by atoms with E-state index in [1.54, 1.807) is 32.2 Å². The number of esters is 1. The highest BCUT2D eigenvalue weighted by Crippen LogP contribution is 2.35. The van der Waals surface area contributed by atoms with Crippen LogP contribution >= 0.6 is 11.6 Å². The molecule has 1 aliphatic rings. The Kier molecular flexibility index (Phi) is 6.80. The second-order valence-electron chi connectivity index (χ2n) is 7.42. The van der Waals surface area contributed by atoms with E-state index in [1.165, 1.54) is 17.5 Å². The maximum atomic E-state index is 12.4. The van der Waals surface area contributed by atoms with Crippen LogP contribution in [0.5, 0.6) is 23.1 Å². The molecule has 9 heteroatoms. The number of hydrogen-bond donors (Lipinski definition) is 0. The fraction of sp³-hybridized carbons (Fsp3) is 0.348. The number of carbonyl (C=O) groups excluding carboxylic acids is 1. The summed E-state index contributed by atoms with van der Waals surface area (Å²) in [7, 11) is 1.61. The van der Waals surface area contributed by atoms with Gasteiger partial charge in [0.2, 0.25) is 5.69 Å². The van der Waals surface area contributed by atoms with E-state index in [-0.39, 0.29) is 18.2 Å². The summed E-state index contributed by atoms with van der Waals surface area (Å²) in [6, 6.07) is 12.6. The van der Waals surface area contributed by atoms with Crippen LogP contribution in [0.4, 0.5) is 0 Å². The molecule has 0 saturated heterocycles. The Labute approximate surface area is 191 Å². The Morgan fingerprint density at radius 2 is 1.91 bits per heavy atom. The lowest BCUT2D eigenvalue weighted by molar-refractivity contribution is 0.0516. The average Bonchev–Trinajstić information content (AvgIpc) is 3.55. The van der Waals surface area contributed by atoms with Crippen LogP contribution in [0.1, 0.15) is 35.8 Å². The minimum atomic E-state index is -0.609. The van der Waals surface area contributed by atoms with Gasteiger partial charge < -0.3 is 18.9 Å². The number of benzene rings is 2. The Bertz CT molecular complexity index is 1080. The van der Waals surface area contributed by atoms with Crippen molar-refractivity contribution in [1.29, 1.82) is 0 Å². The van der Waals surface area contributed by atoms with Gasteiger partial charge in [-0.1, -0.05) is 28.9 Å². The summed E-state index contributed by atoms with van der Waals surface area (Å²) in [5.74, 6) is 1.88. The van der Waals surface area contributed by atoms with Crippen molar-refractivity contribution in [3.63, 3.8) is 0 Å². The lowest BCUT2D eigenvalue weighted by atomic mass is 10.2. The number of methoxy groups -OCH3 is 1. The van der Waals surface area contributed by atoms with E-state index in [4.69, 9.17) is 30.5 Å². The number of ether oxygens (including phenoxy) is 4. The Morgan fingerprint density at radius 3 is 2.59 bits per heavy atom. The van der Waals surface area contributed by atoms with Gasteiger partial charge in [-0.2, -0.15) is 0 Å². The van der Waals surface area contributed by atoms with Crippen molar-refractivity contribution in [3.8, 4) is 23.1 Å². The summed E-state index contributed by atoms with van der Waals surface area (Å²) in [6.45, 7) is 2.89. The van der Waals surface area contributed by atoms with Crippen molar-refractivity contribution in [1.82, 2.24) is 15.0 Å². The van der Waals surface area contributed by atoms with Crippen LogP contribution < -0.4 is 14.2 Å². The lowest BCUT2D eigenvalue weighted by Crippen LogP contribution is -2.09. The molecule has 168 valence electrons. The van der Waals surface area contributed by atoms with E-state index in [1.807, 2.05) is 24.3 Å². The van der Waals surface area contributed by atoms with E-state index in [0.717, 1.165) is 11.3 Å². The number of hydrogen-bond acceptors (Lipinski definition) is 7. The molecule has 8 nitrogen and oxygen atoms in total. The first-order valence-electron chi connectivity index (χ1n) is 10.4. The molecular formula is C23H24ClN3O5. The van der Waals surface area contributed by atoms with Gasteiger partial charge in [0.1, 0.15) is 17.2 Å². The molecule has 0 aliphatic heterocycles. The summed E-state index contributed by atoms with van der Waals surface area (Å²) in [4.78, 5) is 12.4. The molecule has 0 spiro atoms. The molecule has 0 amide bonds. The number of halogens is 1. The van der Waals surface area contributed by atoms with Gasteiger partial charge in [0, 0.05) is 6.07 Å². The van der Waals surface area contributed by atoms with Gasteiger partial charge in [0.25, 0.3) is 5.88 Å². The third-order valence-corrected chi connectivity index (χ3v) is 5.25. The largest absolute Gasteiger partial charge is 0.497 e. The molecule has 0 atom stereocenters. The lowest BCUT2D eigenvalue weighted by Gasteiger charge is -2.12. The summed E-state index contributed by atoms with van der Waals surface area (Å²) in [5.41, 5.74) is 0.927. The van der Waals surface area contributed by atoms with E-state index >= 15 is 0 Å². The molecule has 1 heterocycles. The molecular weight excluding hydrogens is 434 g/mol. The topological polar surface area (TPSA) is 84.7 Å². The van der Waals surface area contributed by atoms with Crippen molar-refractivity contribution >= 4 is 17.6 Å². The van der Waals surface area contributed by atoms with Crippen LogP contribution in [0.15, 0.2) is 42.5 Å². The molecule has 2 aromatic carbocycles. The first kappa shape index (κ1) is 22.0. The monoisotopic (exact) mass is 457 g/mol. The van der Waals surface area contributed by atoms with Gasteiger partial charge in [-0.05, 0) is 55.5 Å². The summed E-state index contributed by atoms with van der Waals surface area (Å²) >= 11 is 6.27. The van der Waals surface area contributed by atoms with Crippen LogP contribution in [0.25, 0.3) is 0 Å². The summed E-state index contributed by atoms with van der Waals surface area (Å²) in [6.07, 6.45) is 2.35. The van der Waals surface area contributed by atoms with Crippen molar-refractivity contribution in [2.24, 2.45) is 5.92 Å². The highest BCUT2D eigenvalue weighted by atomic mass is 35.5. The molecule has 3 aromatic rings. The second-order valence-corrected chi connectivity index (χ2v) is 7.83. The molecule has 1 aliphatic carbocycles. The molecule has 1 fully saturated rings. The average molecular weight is 458 g/mol. The minimum Gasteiger partial charge on any atom is -0.497 e. The van der Waals surface area contributed by atoms with Crippen LogP contribution in [0.2, 0.25) is 5.02 Å². The van der Waals surface area contributed by atoms with Crippen molar-refractivity contribution in [3.05, 3.63) is 58.7 Å². The van der Waals surface area contributed by atoms with E-state index in [9.17, 15) is 4.79 Å². The first-order valence-corrected chi connectivity index (χ1v) is 10.8. The van der Waals surface area contributed by atoms with Crippen LogP contribution in [0.3, 0.4) is 0 Å². The van der Waals surface area contributed by atoms with Crippen LogP contribution in [-0.2, 0) is 11.3 Å². The minimum absolute atomic E-state index is 0.00393. The molecule has 0 radical (unpaired) electrons. The van der Waals surface area contributed by atoms with E-state index < -0.39 is 5.97 Å². The molecule has 4 rings (SSSR count). The molecule has 1 saturated carbocycles. The Balaban J connectivity index is 1.60. The van der Waals surface area contributed by atoms with Crippen LogP contribution in [-0.4, -0.2) is 41.3 Å². The number of nitrogens with zero attached hydrogens (tertiary/aromatic N) is 3. The zero-order valence-electron chi connectivity index (χ0n) is 17.9. The molecule has 0 unspecified atom stereocenters. The highest BCUT2D eigenvalue weighted by Gasteiger charge is 2.25. The Hall–Kier alpha value is -3.26. The predicted octanol–water partition coefficient (Wildman–Crippen LogP) is 4.75. The smallest absolute Gasteiger partial charge is 0.364 e. The van der Waals surface area contributed by atoms with E-state index in [2.05, 4.69) is 10.3 Å². The number of carbonyl (C=O) groups is 1. The maximum Gasteiger partial charge on any atom is 0.364 e. The third kappa shape index (κ3) is 5.31. The molecule has 1 aromatic heterocycles. The van der Waals surface area contributed by atoms with Crippen molar-refractivity contribution in [2.45, 2.75) is 26.3 Å². The SMILES string of the molecule is CCOC(=O)c1nnn(Cc2ccc(OC)cc2)c1Oc1ccc(Cl)c(OCC2CC2)c1. The van der Waals surface area contributed by atoms with Gasteiger partial charge in [-0.25, -0.2) is 9.48 Å². The molecule has 32 heavy (non-hydrogen) atoms. The highest BCUT2D eigenvalue weighted by molar-refractivity contribution is 6.32. The normalized spacial score (nSPS) is 13.0.